The number of carbonyl (C=O) groups excluding carboxylic acids is 5. The average Bonchev–Trinajstić information content (AvgIpc) is 3.29. The summed E-state index contributed by atoms with van der Waals surface area (Å²) < 4.78 is 22.9. The summed E-state index contributed by atoms with van der Waals surface area (Å²) in [7, 11) is 1.42. The van der Waals surface area contributed by atoms with E-state index in [9.17, 15) is 39.3 Å². The maximum atomic E-state index is 13.7. The molecule has 49 heavy (non-hydrogen) atoms. The number of allylic oxidation sites excluding steroid dienone is 4. The molecule has 1 aliphatic carbocycles. The molecule has 0 aromatic heterocycles. The Hall–Kier alpha value is -4.59. The van der Waals surface area contributed by atoms with E-state index in [0.717, 1.165) is 18.4 Å². The number of phenols is 1. The number of ether oxygens (including phenoxy) is 4. The third kappa shape index (κ3) is 7.24. The van der Waals surface area contributed by atoms with Crippen LogP contribution in [-0.2, 0) is 23.8 Å². The smallest absolute Gasteiger partial charge is 0.312 e. The number of nitrogens with one attached hydrogen (secondary N) is 1. The summed E-state index contributed by atoms with van der Waals surface area (Å²) in [6.07, 6.45) is 4.29. The van der Waals surface area contributed by atoms with E-state index in [2.05, 4.69) is 5.32 Å². The van der Waals surface area contributed by atoms with Gasteiger partial charge in [-0.05, 0) is 13.0 Å². The minimum atomic E-state index is -2.02. The second-order valence-corrected chi connectivity index (χ2v) is 13.0. The molecule has 0 unspecified atom stereocenters. The predicted molar refractivity (Wildman–Crippen MR) is 174 cm³/mol. The first kappa shape index (κ1) is 37.2. The molecule has 0 saturated heterocycles. The number of rotatable bonds is 2. The van der Waals surface area contributed by atoms with Gasteiger partial charge in [-0.1, -0.05) is 45.9 Å². The standard InChI is InChI=1S/C36H43NO12/c1-16-10-9-11-17(2)35(45)37-22-14-23(39)27-28(32(22)43)24(40)15-26-29(27)34(44)36(7,49-26)47-13-12-25(46-8)18(3)33(48-21(6)38)20(5)31(42)19(4)30(16)41/h9-16,18-20,25,30-31,33,40-42H,1-8H3,(H,37,45)/b10-9+,13-12+,17-11-/t16-,18+,19+,20+,25-,30-,31+,33+,36-/m0/s1. The van der Waals surface area contributed by atoms with Crippen molar-refractivity contribution in [2.24, 2.45) is 23.7 Å². The second kappa shape index (κ2) is 14.5. The van der Waals surface area contributed by atoms with Gasteiger partial charge in [-0.15, -0.1) is 0 Å². The van der Waals surface area contributed by atoms with E-state index in [1.54, 1.807) is 39.8 Å². The zero-order valence-electron chi connectivity index (χ0n) is 28.7. The van der Waals surface area contributed by atoms with Crippen LogP contribution in [0.3, 0.4) is 0 Å². The number of amides is 1. The molecule has 1 aromatic rings. The third-order valence-electron chi connectivity index (χ3n) is 9.42. The minimum Gasteiger partial charge on any atom is -0.507 e. The highest BCUT2D eigenvalue weighted by atomic mass is 16.7. The number of aliphatic hydroxyl groups is 2. The lowest BCUT2D eigenvalue weighted by Crippen LogP contribution is -2.46. The Morgan fingerprint density at radius 3 is 2.27 bits per heavy atom. The lowest BCUT2D eigenvalue weighted by atomic mass is 9.78. The zero-order valence-corrected chi connectivity index (χ0v) is 28.7. The van der Waals surface area contributed by atoms with Gasteiger partial charge < -0.3 is 39.6 Å². The van der Waals surface area contributed by atoms with Crippen molar-refractivity contribution in [2.75, 3.05) is 7.11 Å². The molecule has 5 rings (SSSR count). The number of phenolic OH excluding ortho intramolecular Hbond substituents is 1. The van der Waals surface area contributed by atoms with E-state index >= 15 is 0 Å². The van der Waals surface area contributed by atoms with Crippen LogP contribution in [0, 0.1) is 23.7 Å². The molecular formula is C36H43NO12. The van der Waals surface area contributed by atoms with Gasteiger partial charge in [-0.2, -0.15) is 0 Å². The Kier molecular flexibility index (Phi) is 11.0. The van der Waals surface area contributed by atoms with Crippen molar-refractivity contribution in [3.8, 4) is 11.5 Å². The number of fused-ring (bicyclic) bond motifs is 14. The number of methoxy groups -OCH3 is 1. The molecule has 1 aromatic carbocycles. The summed E-state index contributed by atoms with van der Waals surface area (Å²) in [5.41, 5.74) is -1.36. The van der Waals surface area contributed by atoms with Gasteiger partial charge in [0.1, 0.15) is 17.6 Å². The third-order valence-corrected chi connectivity index (χ3v) is 9.42. The molecule has 4 N–H and O–H groups in total. The number of esters is 1. The molecule has 4 aliphatic rings. The van der Waals surface area contributed by atoms with E-state index in [1.807, 2.05) is 0 Å². The van der Waals surface area contributed by atoms with Gasteiger partial charge in [0, 0.05) is 62.3 Å². The summed E-state index contributed by atoms with van der Waals surface area (Å²) in [6.45, 7) is 10.9. The molecule has 13 heteroatoms. The van der Waals surface area contributed by atoms with Crippen LogP contribution >= 0.6 is 0 Å². The number of hydrogen-bond donors (Lipinski definition) is 4. The van der Waals surface area contributed by atoms with Gasteiger partial charge in [-0.25, -0.2) is 0 Å². The van der Waals surface area contributed by atoms with Crippen molar-refractivity contribution >= 4 is 29.2 Å². The summed E-state index contributed by atoms with van der Waals surface area (Å²) in [5.74, 6) is -9.09. The number of aromatic hydroxyl groups is 1. The highest BCUT2D eigenvalue weighted by Gasteiger charge is 2.50. The normalized spacial score (nSPS) is 34.9. The van der Waals surface area contributed by atoms with E-state index in [0.29, 0.717) is 0 Å². The average molecular weight is 682 g/mol. The van der Waals surface area contributed by atoms with Crippen LogP contribution < -0.4 is 10.1 Å². The van der Waals surface area contributed by atoms with Crippen LogP contribution in [0.5, 0.6) is 11.5 Å². The maximum Gasteiger partial charge on any atom is 0.312 e. The highest BCUT2D eigenvalue weighted by molar-refractivity contribution is 6.30. The molecule has 0 fully saturated rings. The molecule has 0 saturated carbocycles. The van der Waals surface area contributed by atoms with Crippen molar-refractivity contribution in [3.05, 3.63) is 70.7 Å². The first-order chi connectivity index (χ1) is 22.9. The van der Waals surface area contributed by atoms with Crippen molar-refractivity contribution in [1.82, 2.24) is 5.32 Å². The number of ketones is 3. The number of carbonyl (C=O) groups is 5. The molecule has 264 valence electrons. The SMILES string of the molecule is CO[C@H]1/C=C/O[C@@]2(C)Oc3cc(O)c4c(c3C2=O)C(=O)C=C(NC(=O)/C(C)=C\C=C\[C@H](C)[C@H](O)[C@@H](C)[C@@H](O)[C@@H](C)[C@H](OC(C)=O)[C@@H]1C)C4=O. The van der Waals surface area contributed by atoms with Crippen molar-refractivity contribution < 1.29 is 58.2 Å². The van der Waals surface area contributed by atoms with Crippen LogP contribution in [0.2, 0.25) is 0 Å². The first-order valence-electron chi connectivity index (χ1n) is 15.9. The summed E-state index contributed by atoms with van der Waals surface area (Å²) in [4.78, 5) is 65.7. The number of Topliss-reactive ketones (excluding diaryl/α,β-unsaturated/α-hetero) is 2. The summed E-state index contributed by atoms with van der Waals surface area (Å²) in [5, 5.41) is 35.7. The Balaban J connectivity index is 1.80. The zero-order chi connectivity index (χ0) is 36.5. The Labute approximate surface area is 284 Å². The fourth-order valence-corrected chi connectivity index (χ4v) is 6.41. The van der Waals surface area contributed by atoms with Crippen LogP contribution in [-0.4, -0.2) is 81.9 Å². The molecule has 3 aliphatic heterocycles. The fourth-order valence-electron chi connectivity index (χ4n) is 6.41. The number of aliphatic hydroxyl groups excluding tert-OH is 2. The number of hydrogen-bond acceptors (Lipinski definition) is 12. The van der Waals surface area contributed by atoms with Gasteiger partial charge in [0.25, 0.3) is 11.7 Å². The van der Waals surface area contributed by atoms with Gasteiger partial charge in [0.15, 0.2) is 5.78 Å². The van der Waals surface area contributed by atoms with Crippen molar-refractivity contribution in [1.29, 1.82) is 0 Å². The molecular weight excluding hydrogens is 638 g/mol. The molecule has 1 amide bonds. The van der Waals surface area contributed by atoms with Gasteiger partial charge in [-0.3, -0.25) is 24.0 Å². The second-order valence-electron chi connectivity index (χ2n) is 13.0. The van der Waals surface area contributed by atoms with Crippen LogP contribution in [0.4, 0.5) is 0 Å². The molecule has 3 heterocycles. The Morgan fingerprint density at radius 1 is 0.959 bits per heavy atom. The van der Waals surface area contributed by atoms with Crippen molar-refractivity contribution in [3.63, 3.8) is 0 Å². The monoisotopic (exact) mass is 681 g/mol. The maximum absolute atomic E-state index is 13.7. The van der Waals surface area contributed by atoms with Gasteiger partial charge >= 0.3 is 11.8 Å². The van der Waals surface area contributed by atoms with Gasteiger partial charge in [0.05, 0.1) is 47.0 Å². The van der Waals surface area contributed by atoms with Gasteiger partial charge in [0.2, 0.25) is 5.78 Å². The lowest BCUT2D eigenvalue weighted by molar-refractivity contribution is -0.160. The largest absolute Gasteiger partial charge is 0.507 e. The van der Waals surface area contributed by atoms with E-state index in [-0.39, 0.29) is 22.4 Å². The van der Waals surface area contributed by atoms with Crippen LogP contribution in [0.1, 0.15) is 79.5 Å². The predicted octanol–water partition coefficient (Wildman–Crippen LogP) is 3.32. The van der Waals surface area contributed by atoms with E-state index < -0.39 is 100 Å². The molecule has 13 nitrogen and oxygen atoms in total. The molecule has 5 bridgehead atoms. The highest BCUT2D eigenvalue weighted by Crippen LogP contribution is 2.44. The Bertz CT molecular complexity index is 1670. The molecule has 9 atom stereocenters. The van der Waals surface area contributed by atoms with Crippen molar-refractivity contribution in [2.45, 2.75) is 78.7 Å². The first-order valence-corrected chi connectivity index (χ1v) is 15.9. The lowest BCUT2D eigenvalue weighted by Gasteiger charge is -2.38. The van der Waals surface area contributed by atoms with Crippen LogP contribution in [0.15, 0.2) is 54.0 Å². The quantitative estimate of drug-likeness (QED) is 0.333. The minimum absolute atomic E-state index is 0.148. The topological polar surface area (TPSA) is 195 Å². The summed E-state index contributed by atoms with van der Waals surface area (Å²) >= 11 is 0. The fraction of sp³-hybridized carbons (Fsp3) is 0.472. The van der Waals surface area contributed by atoms with E-state index in [1.165, 1.54) is 40.0 Å². The van der Waals surface area contributed by atoms with Crippen LogP contribution in [0.25, 0.3) is 0 Å². The molecule has 0 radical (unpaired) electrons. The molecule has 0 spiro atoms. The number of benzene rings is 1. The Morgan fingerprint density at radius 2 is 1.63 bits per heavy atom. The van der Waals surface area contributed by atoms with E-state index in [4.69, 9.17) is 18.9 Å². The summed E-state index contributed by atoms with van der Waals surface area (Å²) in [6, 6.07) is 1.03.